The second-order valence-corrected chi connectivity index (χ2v) is 18.2. The molecule has 2 aliphatic heterocycles. The summed E-state index contributed by atoms with van der Waals surface area (Å²) in [5, 5.41) is 17.1. The molecule has 3 aromatic carbocycles. The third kappa shape index (κ3) is 6.28. The molecular weight excluding hydrogens is 595 g/mol. The summed E-state index contributed by atoms with van der Waals surface area (Å²) in [5.41, 5.74) is 2.02. The van der Waals surface area contributed by atoms with Crippen LogP contribution in [0.4, 0.5) is 0 Å². The summed E-state index contributed by atoms with van der Waals surface area (Å²) in [6.45, 7) is 7.80. The van der Waals surface area contributed by atoms with Crippen LogP contribution in [0.1, 0.15) is 38.2 Å². The molecule has 4 aromatic rings. The van der Waals surface area contributed by atoms with Gasteiger partial charge in [0.1, 0.15) is 5.75 Å². The van der Waals surface area contributed by atoms with E-state index in [0.717, 1.165) is 42.5 Å². The highest BCUT2D eigenvalue weighted by molar-refractivity contribution is 6.91. The summed E-state index contributed by atoms with van der Waals surface area (Å²) >= 11 is 0. The van der Waals surface area contributed by atoms with E-state index < -0.39 is 8.07 Å². The number of hydrogen-bond donors (Lipinski definition) is 1. The van der Waals surface area contributed by atoms with Crippen molar-refractivity contribution in [2.75, 3.05) is 20.3 Å². The Morgan fingerprint density at radius 2 is 1.78 bits per heavy atom. The predicted molar refractivity (Wildman–Crippen MR) is 184 cm³/mol. The lowest BCUT2D eigenvalue weighted by molar-refractivity contribution is -0.135. The number of ether oxygens (including phenoxy) is 2. The maximum absolute atomic E-state index is 13.6. The number of rotatable bonds is 10. The number of aryl methyl sites for hydroxylation is 1. The molecule has 0 aliphatic carbocycles. The van der Waals surface area contributed by atoms with Crippen molar-refractivity contribution in [2.24, 2.45) is 5.92 Å². The van der Waals surface area contributed by atoms with Gasteiger partial charge < -0.3 is 19.5 Å². The van der Waals surface area contributed by atoms with E-state index in [4.69, 9.17) is 9.47 Å². The zero-order valence-electron chi connectivity index (χ0n) is 27.3. The summed E-state index contributed by atoms with van der Waals surface area (Å²) in [4.78, 5) is 28.5. The Bertz CT molecular complexity index is 1720. The summed E-state index contributed by atoms with van der Waals surface area (Å²) in [7, 11) is -0.417. The number of fused-ring (bicyclic) bond motifs is 1. The van der Waals surface area contributed by atoms with Crippen LogP contribution in [0.2, 0.25) is 18.6 Å². The van der Waals surface area contributed by atoms with Crippen LogP contribution < -0.4 is 15.5 Å². The van der Waals surface area contributed by atoms with Crippen molar-refractivity contribution in [3.63, 3.8) is 0 Å². The van der Waals surface area contributed by atoms with Gasteiger partial charge in [0.15, 0.2) is 0 Å². The number of methoxy groups -OCH3 is 1. The zero-order chi connectivity index (χ0) is 32.4. The number of likely N-dealkylation sites (tertiary alicyclic amines) is 1. The first-order valence-electron chi connectivity index (χ1n) is 16.5. The number of aromatic nitrogens is 2. The fourth-order valence-corrected chi connectivity index (χ4v) is 11.9. The first-order chi connectivity index (χ1) is 22.2. The highest BCUT2D eigenvalue weighted by atomic mass is 28.3. The lowest BCUT2D eigenvalue weighted by Gasteiger charge is -2.36. The topological polar surface area (TPSA) is 93.9 Å². The quantitative estimate of drug-likeness (QED) is 0.243. The molecule has 5 atom stereocenters. The molecule has 0 spiro atoms. The summed E-state index contributed by atoms with van der Waals surface area (Å²) in [6, 6.07) is 23.9. The molecule has 6 rings (SSSR count). The zero-order valence-corrected chi connectivity index (χ0v) is 28.3. The standard InChI is InChI=1S/C37H45N3O5Si/c1-25-33(20-13-26-11-14-28(15-12-26)40-37(43)32-10-6-5-8-27(32)23-38-40)45-34(22-35(42)39-21-7-9-29(39)24-41)36(25)46(3,4)31-18-16-30(44-2)17-19-31/h5-6,8,10-12,14-19,23,25,29,33-34,36,41H,7,9,13,20-22,24H2,1-4H3/t25-,29-,33+,34-,36+/m0/s1. The van der Waals surface area contributed by atoms with Crippen molar-refractivity contribution >= 4 is 29.9 Å². The lowest BCUT2D eigenvalue weighted by Crippen LogP contribution is -2.51. The number of nitrogens with zero attached hydrogens (tertiary/aromatic N) is 3. The molecule has 9 heteroatoms. The fourth-order valence-electron chi connectivity index (χ4n) is 7.87. The van der Waals surface area contributed by atoms with Gasteiger partial charge >= 0.3 is 0 Å². The molecule has 242 valence electrons. The first-order valence-corrected chi connectivity index (χ1v) is 19.6. The Balaban J connectivity index is 1.20. The Hall–Kier alpha value is -3.79. The van der Waals surface area contributed by atoms with E-state index in [1.807, 2.05) is 53.4 Å². The molecule has 1 N–H and O–H groups in total. The molecule has 2 aliphatic rings. The maximum atomic E-state index is 13.6. The van der Waals surface area contributed by atoms with Gasteiger partial charge in [0.2, 0.25) is 5.91 Å². The number of amides is 1. The van der Waals surface area contributed by atoms with E-state index in [-0.39, 0.29) is 47.8 Å². The third-order valence-electron chi connectivity index (χ3n) is 10.4. The smallest absolute Gasteiger partial charge is 0.279 e. The average molecular weight is 640 g/mol. The van der Waals surface area contributed by atoms with Crippen LogP contribution in [0.25, 0.3) is 16.5 Å². The molecule has 3 heterocycles. The van der Waals surface area contributed by atoms with Crippen LogP contribution in [0, 0.1) is 5.92 Å². The van der Waals surface area contributed by atoms with E-state index in [2.05, 4.69) is 49.4 Å². The number of benzene rings is 3. The number of hydrogen-bond acceptors (Lipinski definition) is 6. The molecule has 0 bridgehead atoms. The van der Waals surface area contributed by atoms with E-state index in [1.54, 1.807) is 13.3 Å². The number of carbonyl (C=O) groups is 1. The summed E-state index contributed by atoms with van der Waals surface area (Å²) in [5.74, 6) is 1.20. The van der Waals surface area contributed by atoms with E-state index in [9.17, 15) is 14.7 Å². The van der Waals surface area contributed by atoms with E-state index >= 15 is 0 Å². The second-order valence-electron chi connectivity index (χ2n) is 13.5. The van der Waals surface area contributed by atoms with Gasteiger partial charge in [0.05, 0.1) is 63.7 Å². The Kier molecular flexibility index (Phi) is 9.45. The van der Waals surface area contributed by atoms with Gasteiger partial charge in [-0.3, -0.25) is 9.59 Å². The van der Waals surface area contributed by atoms with Crippen LogP contribution in [0.5, 0.6) is 5.75 Å². The van der Waals surface area contributed by atoms with Gasteiger partial charge in [0.25, 0.3) is 5.56 Å². The number of aliphatic hydroxyl groups is 1. The first kappa shape index (κ1) is 32.2. The van der Waals surface area contributed by atoms with Crippen molar-refractivity contribution in [1.82, 2.24) is 14.7 Å². The van der Waals surface area contributed by atoms with Crippen LogP contribution in [0.3, 0.4) is 0 Å². The van der Waals surface area contributed by atoms with Crippen molar-refractivity contribution in [3.05, 3.63) is 94.9 Å². The molecule has 46 heavy (non-hydrogen) atoms. The monoisotopic (exact) mass is 639 g/mol. The molecule has 2 saturated heterocycles. The van der Waals surface area contributed by atoms with Crippen LogP contribution in [-0.2, 0) is 16.0 Å². The normalized spacial score (nSPS) is 23.2. The van der Waals surface area contributed by atoms with E-state index in [0.29, 0.717) is 18.4 Å². The van der Waals surface area contributed by atoms with Gasteiger partial charge in [-0.05, 0) is 73.0 Å². The van der Waals surface area contributed by atoms with Crippen molar-refractivity contribution in [3.8, 4) is 11.4 Å². The molecule has 0 saturated carbocycles. The average Bonchev–Trinajstić information content (AvgIpc) is 3.68. The minimum atomic E-state index is -2.10. The van der Waals surface area contributed by atoms with Gasteiger partial charge in [-0.2, -0.15) is 9.78 Å². The fraction of sp³-hybridized carbons (Fsp3) is 0.432. The van der Waals surface area contributed by atoms with Crippen molar-refractivity contribution < 1.29 is 19.4 Å². The lowest BCUT2D eigenvalue weighted by atomic mass is 9.95. The largest absolute Gasteiger partial charge is 0.497 e. The molecule has 1 aromatic heterocycles. The Morgan fingerprint density at radius 3 is 2.50 bits per heavy atom. The molecule has 0 radical (unpaired) electrons. The predicted octanol–water partition coefficient (Wildman–Crippen LogP) is 5.09. The van der Waals surface area contributed by atoms with Crippen molar-refractivity contribution in [1.29, 1.82) is 0 Å². The molecule has 2 fully saturated rings. The summed E-state index contributed by atoms with van der Waals surface area (Å²) in [6.07, 6.45) is 5.36. The molecule has 0 unspecified atom stereocenters. The van der Waals surface area contributed by atoms with Crippen molar-refractivity contribution in [2.45, 2.75) is 75.9 Å². The Labute approximate surface area is 272 Å². The molecule has 8 nitrogen and oxygen atoms in total. The minimum Gasteiger partial charge on any atom is -0.497 e. The SMILES string of the molecule is COc1ccc([Si](C)(C)[C@@H]2[C@@H](C)[C@@H](CCc3ccc(-n4ncc5ccccc5c4=O)cc3)O[C@H]2CC(=O)N2CCC[C@H]2CO)cc1. The van der Waals surface area contributed by atoms with Crippen LogP contribution in [-0.4, -0.2) is 72.3 Å². The molecular formula is C37H45N3O5Si. The Morgan fingerprint density at radius 1 is 1.04 bits per heavy atom. The van der Waals surface area contributed by atoms with Crippen LogP contribution in [0.15, 0.2) is 83.8 Å². The van der Waals surface area contributed by atoms with E-state index in [1.165, 1.54) is 15.4 Å². The highest BCUT2D eigenvalue weighted by Crippen LogP contribution is 2.46. The summed E-state index contributed by atoms with van der Waals surface area (Å²) < 4.78 is 13.7. The van der Waals surface area contributed by atoms with Gasteiger partial charge in [-0.15, -0.1) is 0 Å². The van der Waals surface area contributed by atoms with Gasteiger partial charge in [-0.1, -0.05) is 67.7 Å². The number of carbonyl (C=O) groups excluding carboxylic acids is 1. The molecule has 1 amide bonds. The number of aliphatic hydroxyl groups excluding tert-OH is 1. The third-order valence-corrected chi connectivity index (χ3v) is 14.8. The highest BCUT2D eigenvalue weighted by Gasteiger charge is 2.51. The van der Waals surface area contributed by atoms with Gasteiger partial charge in [0, 0.05) is 11.9 Å². The van der Waals surface area contributed by atoms with Crippen LogP contribution >= 0.6 is 0 Å². The minimum absolute atomic E-state index is 0.0101. The maximum Gasteiger partial charge on any atom is 0.279 e. The van der Waals surface area contributed by atoms with Gasteiger partial charge in [-0.25, -0.2) is 0 Å². The second kappa shape index (κ2) is 13.5.